The number of ether oxygens (including phenoxy) is 1. The fourth-order valence-corrected chi connectivity index (χ4v) is 3.22. The van der Waals surface area contributed by atoms with Gasteiger partial charge in [0.2, 0.25) is 5.91 Å². The highest BCUT2D eigenvalue weighted by Crippen LogP contribution is 2.26. The van der Waals surface area contributed by atoms with Gasteiger partial charge in [-0.15, -0.1) is 0 Å². The molecule has 1 fully saturated rings. The van der Waals surface area contributed by atoms with Gasteiger partial charge >= 0.3 is 0 Å². The summed E-state index contributed by atoms with van der Waals surface area (Å²) in [7, 11) is 0. The van der Waals surface area contributed by atoms with E-state index < -0.39 is 0 Å². The van der Waals surface area contributed by atoms with Gasteiger partial charge in [-0.3, -0.25) is 9.78 Å². The van der Waals surface area contributed by atoms with E-state index in [-0.39, 0.29) is 25.0 Å². The number of pyridine rings is 1. The van der Waals surface area contributed by atoms with Gasteiger partial charge in [0.05, 0.1) is 6.61 Å². The number of carbonyl (C=O) groups excluding carboxylic acids is 1. The third kappa shape index (κ3) is 4.52. The molecule has 2 N–H and O–H groups in total. The number of aliphatic hydroxyl groups is 1. The number of rotatable bonds is 6. The highest BCUT2D eigenvalue weighted by Gasteiger charge is 2.25. The second-order valence-electron chi connectivity index (χ2n) is 6.50. The zero-order valence-corrected chi connectivity index (χ0v) is 15.0. The van der Waals surface area contributed by atoms with Crippen LogP contribution in [0.25, 0.3) is 0 Å². The number of anilines is 2. The van der Waals surface area contributed by atoms with Crippen molar-refractivity contribution >= 4 is 17.3 Å². The molecule has 0 aliphatic carbocycles. The number of aliphatic hydroxyl groups excluding tert-OH is 1. The summed E-state index contributed by atoms with van der Waals surface area (Å²) in [6.07, 6.45) is 5.27. The lowest BCUT2D eigenvalue weighted by Crippen LogP contribution is -2.38. The Balaban J connectivity index is 1.54. The van der Waals surface area contributed by atoms with Crippen molar-refractivity contribution in [3.05, 3.63) is 48.3 Å². The third-order valence-corrected chi connectivity index (χ3v) is 4.71. The molecule has 2 heterocycles. The Labute approximate surface area is 153 Å². The minimum absolute atomic E-state index is 0.0181. The number of aryl methyl sites for hydroxylation is 1. The molecule has 3 rings (SSSR count). The molecule has 0 spiro atoms. The minimum atomic E-state index is -0.0181. The summed E-state index contributed by atoms with van der Waals surface area (Å²) < 4.78 is 5.39. The SMILES string of the molecule is Cc1cc(OCCO)ccc1NC(=O)C1CCN(c2ccncc2)CC1. The molecule has 138 valence electrons. The minimum Gasteiger partial charge on any atom is -0.491 e. The van der Waals surface area contributed by atoms with E-state index in [0.717, 1.165) is 42.9 Å². The van der Waals surface area contributed by atoms with Crippen LogP contribution < -0.4 is 15.0 Å². The molecule has 2 aromatic rings. The maximum absolute atomic E-state index is 12.6. The largest absolute Gasteiger partial charge is 0.491 e. The summed E-state index contributed by atoms with van der Waals surface area (Å²) >= 11 is 0. The van der Waals surface area contributed by atoms with Crippen LogP contribution in [0, 0.1) is 12.8 Å². The predicted octanol–water partition coefficient (Wildman–Crippen LogP) is 2.62. The predicted molar refractivity (Wildman–Crippen MR) is 102 cm³/mol. The smallest absolute Gasteiger partial charge is 0.227 e. The van der Waals surface area contributed by atoms with Crippen LogP contribution in [0.15, 0.2) is 42.7 Å². The average molecular weight is 355 g/mol. The zero-order chi connectivity index (χ0) is 18.4. The molecule has 0 bridgehead atoms. The molecule has 0 atom stereocenters. The first-order chi connectivity index (χ1) is 12.7. The molecule has 0 unspecified atom stereocenters. The quantitative estimate of drug-likeness (QED) is 0.833. The number of amides is 1. The van der Waals surface area contributed by atoms with E-state index in [2.05, 4.69) is 15.2 Å². The number of piperidine rings is 1. The van der Waals surface area contributed by atoms with Gasteiger partial charge in [0.1, 0.15) is 12.4 Å². The standard InChI is InChI=1S/C20H25N3O3/c1-15-14-18(26-13-12-24)2-3-19(15)22-20(25)16-6-10-23(11-7-16)17-4-8-21-9-5-17/h2-5,8-9,14,16,24H,6-7,10-13H2,1H3,(H,22,25). The van der Waals surface area contributed by atoms with Gasteiger partial charge in [-0.05, 0) is 55.7 Å². The monoisotopic (exact) mass is 355 g/mol. The summed E-state index contributed by atoms with van der Waals surface area (Å²) in [4.78, 5) is 19.0. The average Bonchev–Trinajstić information content (AvgIpc) is 2.69. The number of benzene rings is 1. The molecule has 1 saturated heterocycles. The number of nitrogens with one attached hydrogen (secondary N) is 1. The number of hydrogen-bond acceptors (Lipinski definition) is 5. The van der Waals surface area contributed by atoms with E-state index in [1.807, 2.05) is 37.3 Å². The zero-order valence-electron chi connectivity index (χ0n) is 15.0. The molecule has 0 radical (unpaired) electrons. The van der Waals surface area contributed by atoms with Gasteiger partial charge in [-0.2, -0.15) is 0 Å². The maximum atomic E-state index is 12.6. The van der Waals surface area contributed by atoms with E-state index in [9.17, 15) is 4.79 Å². The molecular formula is C20H25N3O3. The van der Waals surface area contributed by atoms with Crippen molar-refractivity contribution in [3.8, 4) is 5.75 Å². The number of nitrogens with zero attached hydrogens (tertiary/aromatic N) is 2. The second kappa shape index (κ2) is 8.67. The first-order valence-electron chi connectivity index (χ1n) is 8.97. The Kier molecular flexibility index (Phi) is 6.07. The number of carbonyl (C=O) groups is 1. The second-order valence-corrected chi connectivity index (χ2v) is 6.50. The van der Waals surface area contributed by atoms with Gasteiger partial charge in [-0.25, -0.2) is 0 Å². The summed E-state index contributed by atoms with van der Waals surface area (Å²) in [5.74, 6) is 0.796. The highest BCUT2D eigenvalue weighted by atomic mass is 16.5. The van der Waals surface area contributed by atoms with Crippen LogP contribution in [0.2, 0.25) is 0 Å². The third-order valence-electron chi connectivity index (χ3n) is 4.71. The van der Waals surface area contributed by atoms with Crippen LogP contribution >= 0.6 is 0 Å². The van der Waals surface area contributed by atoms with Crippen LogP contribution in [0.4, 0.5) is 11.4 Å². The molecule has 6 nitrogen and oxygen atoms in total. The Morgan fingerprint density at radius 2 is 2.00 bits per heavy atom. The first-order valence-corrected chi connectivity index (χ1v) is 8.97. The lowest BCUT2D eigenvalue weighted by molar-refractivity contribution is -0.120. The van der Waals surface area contributed by atoms with Crippen molar-refractivity contribution in [3.63, 3.8) is 0 Å². The van der Waals surface area contributed by atoms with Gasteiger partial charge in [0.25, 0.3) is 0 Å². The lowest BCUT2D eigenvalue weighted by atomic mass is 9.95. The lowest BCUT2D eigenvalue weighted by Gasteiger charge is -2.33. The van der Waals surface area contributed by atoms with Crippen molar-refractivity contribution in [2.75, 3.05) is 36.5 Å². The Morgan fingerprint density at radius 3 is 2.65 bits per heavy atom. The fourth-order valence-electron chi connectivity index (χ4n) is 3.22. The summed E-state index contributed by atoms with van der Waals surface area (Å²) in [6.45, 7) is 3.93. The Bertz CT molecular complexity index is 728. The highest BCUT2D eigenvalue weighted by molar-refractivity contribution is 5.93. The first kappa shape index (κ1) is 18.2. The van der Waals surface area contributed by atoms with Crippen molar-refractivity contribution in [1.29, 1.82) is 0 Å². The van der Waals surface area contributed by atoms with E-state index in [1.165, 1.54) is 0 Å². The molecule has 1 aliphatic rings. The Morgan fingerprint density at radius 1 is 1.27 bits per heavy atom. The molecule has 1 amide bonds. The maximum Gasteiger partial charge on any atom is 0.227 e. The van der Waals surface area contributed by atoms with Gasteiger partial charge in [0.15, 0.2) is 0 Å². The van der Waals surface area contributed by atoms with Gasteiger partial charge < -0.3 is 20.1 Å². The van der Waals surface area contributed by atoms with E-state index in [1.54, 1.807) is 12.4 Å². The van der Waals surface area contributed by atoms with E-state index in [4.69, 9.17) is 9.84 Å². The van der Waals surface area contributed by atoms with E-state index in [0.29, 0.717) is 5.75 Å². The summed E-state index contributed by atoms with van der Waals surface area (Å²) in [6, 6.07) is 9.54. The fraction of sp³-hybridized carbons (Fsp3) is 0.400. The molecule has 1 aliphatic heterocycles. The normalized spacial score (nSPS) is 14.9. The van der Waals surface area contributed by atoms with E-state index >= 15 is 0 Å². The van der Waals surface area contributed by atoms with Gasteiger partial charge in [-0.1, -0.05) is 0 Å². The van der Waals surface area contributed by atoms with Crippen LogP contribution in [0.1, 0.15) is 18.4 Å². The van der Waals surface area contributed by atoms with Crippen molar-refractivity contribution in [1.82, 2.24) is 4.98 Å². The van der Waals surface area contributed by atoms with Gasteiger partial charge in [0, 0.05) is 42.8 Å². The molecule has 26 heavy (non-hydrogen) atoms. The summed E-state index contributed by atoms with van der Waals surface area (Å²) in [5, 5.41) is 11.9. The molecule has 6 heteroatoms. The van der Waals surface area contributed by atoms with Crippen molar-refractivity contribution < 1.29 is 14.6 Å². The topological polar surface area (TPSA) is 74.7 Å². The van der Waals surface area contributed by atoms with Crippen molar-refractivity contribution in [2.45, 2.75) is 19.8 Å². The van der Waals surface area contributed by atoms with Crippen LogP contribution in [0.5, 0.6) is 5.75 Å². The molecule has 0 saturated carbocycles. The van der Waals surface area contributed by atoms with Crippen LogP contribution in [0.3, 0.4) is 0 Å². The Hall–Kier alpha value is -2.60. The molecular weight excluding hydrogens is 330 g/mol. The van der Waals surface area contributed by atoms with Crippen LogP contribution in [-0.4, -0.2) is 42.3 Å². The summed E-state index contributed by atoms with van der Waals surface area (Å²) in [5.41, 5.74) is 2.92. The van der Waals surface area contributed by atoms with Crippen molar-refractivity contribution in [2.24, 2.45) is 5.92 Å². The number of aromatic nitrogens is 1. The van der Waals surface area contributed by atoms with Crippen LogP contribution in [-0.2, 0) is 4.79 Å². The molecule has 1 aromatic heterocycles. The number of hydrogen-bond donors (Lipinski definition) is 2. The molecule has 1 aromatic carbocycles.